The zero-order chi connectivity index (χ0) is 9.80. The average Bonchev–Trinajstić information content (AvgIpc) is 2.94. The first kappa shape index (κ1) is 10.8. The summed E-state index contributed by atoms with van der Waals surface area (Å²) in [6, 6.07) is 0.978. The summed E-state index contributed by atoms with van der Waals surface area (Å²) < 4.78 is 0. The Hall–Kier alpha value is 0.270. The summed E-state index contributed by atoms with van der Waals surface area (Å²) in [5, 5.41) is 3.56. The van der Waals surface area contributed by atoms with Crippen molar-refractivity contribution in [3.05, 3.63) is 0 Å². The molecule has 14 heavy (non-hydrogen) atoms. The molecule has 2 nitrogen and oxygen atoms in total. The molecule has 2 fully saturated rings. The second-order valence-electron chi connectivity index (χ2n) is 4.58. The summed E-state index contributed by atoms with van der Waals surface area (Å²) >= 11 is 1.93. The first-order chi connectivity index (χ1) is 6.90. The molecule has 1 saturated carbocycles. The zero-order valence-electron chi connectivity index (χ0n) is 9.17. The van der Waals surface area contributed by atoms with Gasteiger partial charge < -0.3 is 10.2 Å². The van der Waals surface area contributed by atoms with Crippen molar-refractivity contribution in [2.75, 3.05) is 38.2 Å². The lowest BCUT2D eigenvalue weighted by Crippen LogP contribution is -2.28. The van der Waals surface area contributed by atoms with E-state index in [1.165, 1.54) is 51.2 Å². The van der Waals surface area contributed by atoms with Crippen LogP contribution in [0.4, 0.5) is 0 Å². The van der Waals surface area contributed by atoms with Gasteiger partial charge in [0.25, 0.3) is 0 Å². The van der Waals surface area contributed by atoms with Crippen molar-refractivity contribution < 1.29 is 0 Å². The SMILES string of the molecule is CSCCNCC1CCN(C2CC2)C1. The molecule has 1 unspecified atom stereocenters. The van der Waals surface area contributed by atoms with Crippen LogP contribution in [0.3, 0.4) is 0 Å². The predicted molar refractivity (Wildman–Crippen MR) is 64.0 cm³/mol. The minimum absolute atomic E-state index is 0.928. The average molecular weight is 214 g/mol. The standard InChI is InChI=1S/C11H22N2S/c1-14-7-5-12-8-10-4-6-13(9-10)11-2-3-11/h10-12H,2-9H2,1H3. The van der Waals surface area contributed by atoms with E-state index < -0.39 is 0 Å². The number of rotatable bonds is 6. The van der Waals surface area contributed by atoms with Crippen LogP contribution in [0.1, 0.15) is 19.3 Å². The molecule has 1 aliphatic carbocycles. The normalized spacial score (nSPS) is 28.5. The lowest BCUT2D eigenvalue weighted by molar-refractivity contribution is 0.312. The molecular weight excluding hydrogens is 192 g/mol. The van der Waals surface area contributed by atoms with E-state index in [2.05, 4.69) is 16.5 Å². The number of hydrogen-bond acceptors (Lipinski definition) is 3. The van der Waals surface area contributed by atoms with Crippen molar-refractivity contribution in [1.29, 1.82) is 0 Å². The Morgan fingerprint density at radius 1 is 1.36 bits per heavy atom. The highest BCUT2D eigenvalue weighted by Crippen LogP contribution is 2.31. The molecular formula is C11H22N2S. The largest absolute Gasteiger partial charge is 0.316 e. The highest BCUT2D eigenvalue weighted by Gasteiger charge is 2.33. The van der Waals surface area contributed by atoms with Gasteiger partial charge in [-0.3, -0.25) is 0 Å². The Bertz CT molecular complexity index is 171. The van der Waals surface area contributed by atoms with Crippen LogP contribution in [0, 0.1) is 5.92 Å². The number of hydrogen-bond donors (Lipinski definition) is 1. The molecule has 2 rings (SSSR count). The molecule has 0 bridgehead atoms. The van der Waals surface area contributed by atoms with E-state index in [1.54, 1.807) is 0 Å². The van der Waals surface area contributed by atoms with Crippen LogP contribution in [0.5, 0.6) is 0 Å². The fourth-order valence-corrected chi connectivity index (χ4v) is 2.63. The Kier molecular flexibility index (Phi) is 4.14. The first-order valence-corrected chi connectivity index (χ1v) is 7.23. The Labute approximate surface area is 91.8 Å². The molecule has 1 heterocycles. The van der Waals surface area contributed by atoms with Gasteiger partial charge in [0.2, 0.25) is 0 Å². The summed E-state index contributed by atoms with van der Waals surface area (Å²) in [4.78, 5) is 2.70. The molecule has 1 aliphatic heterocycles. The lowest BCUT2D eigenvalue weighted by Gasteiger charge is -2.14. The predicted octanol–water partition coefficient (Wildman–Crippen LogP) is 1.42. The van der Waals surface area contributed by atoms with Gasteiger partial charge in [-0.05, 0) is 44.5 Å². The van der Waals surface area contributed by atoms with Crippen LogP contribution in [0.15, 0.2) is 0 Å². The van der Waals surface area contributed by atoms with Crippen molar-refractivity contribution in [2.24, 2.45) is 5.92 Å². The Morgan fingerprint density at radius 2 is 2.21 bits per heavy atom. The van der Waals surface area contributed by atoms with Crippen LogP contribution < -0.4 is 5.32 Å². The third-order valence-corrected chi connectivity index (χ3v) is 3.91. The van der Waals surface area contributed by atoms with E-state index in [-0.39, 0.29) is 0 Å². The molecule has 0 radical (unpaired) electrons. The van der Waals surface area contributed by atoms with Crippen molar-refractivity contribution in [3.8, 4) is 0 Å². The third kappa shape index (κ3) is 3.14. The molecule has 0 aromatic heterocycles. The fourth-order valence-electron chi connectivity index (χ4n) is 2.28. The molecule has 0 aromatic rings. The van der Waals surface area contributed by atoms with Gasteiger partial charge >= 0.3 is 0 Å². The maximum Gasteiger partial charge on any atom is 0.00965 e. The van der Waals surface area contributed by atoms with E-state index in [0.717, 1.165) is 12.0 Å². The molecule has 3 heteroatoms. The van der Waals surface area contributed by atoms with Crippen LogP contribution >= 0.6 is 11.8 Å². The maximum atomic E-state index is 3.56. The first-order valence-electron chi connectivity index (χ1n) is 5.84. The smallest absolute Gasteiger partial charge is 0.00965 e. The van der Waals surface area contributed by atoms with Crippen molar-refractivity contribution in [2.45, 2.75) is 25.3 Å². The third-order valence-electron chi connectivity index (χ3n) is 3.30. The van der Waals surface area contributed by atoms with Gasteiger partial charge in [-0.15, -0.1) is 0 Å². The summed E-state index contributed by atoms with van der Waals surface area (Å²) in [6.07, 6.45) is 6.52. The maximum absolute atomic E-state index is 3.56. The molecule has 0 spiro atoms. The summed E-state index contributed by atoms with van der Waals surface area (Å²) in [7, 11) is 0. The van der Waals surface area contributed by atoms with E-state index >= 15 is 0 Å². The van der Waals surface area contributed by atoms with Gasteiger partial charge in [0.1, 0.15) is 0 Å². The van der Waals surface area contributed by atoms with Gasteiger partial charge in [0, 0.05) is 24.9 Å². The van der Waals surface area contributed by atoms with Gasteiger partial charge in [-0.2, -0.15) is 11.8 Å². The number of nitrogens with zero attached hydrogens (tertiary/aromatic N) is 1. The van der Waals surface area contributed by atoms with Crippen molar-refractivity contribution >= 4 is 11.8 Å². The summed E-state index contributed by atoms with van der Waals surface area (Å²) in [5.41, 5.74) is 0. The second kappa shape index (κ2) is 5.38. The quantitative estimate of drug-likeness (QED) is 0.673. The van der Waals surface area contributed by atoms with Crippen molar-refractivity contribution in [1.82, 2.24) is 10.2 Å². The monoisotopic (exact) mass is 214 g/mol. The molecule has 82 valence electrons. The fraction of sp³-hybridized carbons (Fsp3) is 1.00. The van der Waals surface area contributed by atoms with Gasteiger partial charge in [-0.1, -0.05) is 0 Å². The molecule has 1 saturated heterocycles. The number of nitrogens with one attached hydrogen (secondary N) is 1. The van der Waals surface area contributed by atoms with Crippen LogP contribution in [-0.4, -0.2) is 49.1 Å². The van der Waals surface area contributed by atoms with Crippen molar-refractivity contribution in [3.63, 3.8) is 0 Å². The Morgan fingerprint density at radius 3 is 2.93 bits per heavy atom. The molecule has 0 aromatic carbocycles. The molecule has 1 N–H and O–H groups in total. The Balaban J connectivity index is 1.54. The zero-order valence-corrected chi connectivity index (χ0v) is 9.98. The van der Waals surface area contributed by atoms with E-state index in [9.17, 15) is 0 Å². The number of thioether (sulfide) groups is 1. The number of likely N-dealkylation sites (tertiary alicyclic amines) is 1. The molecule has 2 aliphatic rings. The second-order valence-corrected chi connectivity index (χ2v) is 5.56. The van der Waals surface area contributed by atoms with Gasteiger partial charge in [0.15, 0.2) is 0 Å². The van der Waals surface area contributed by atoms with Crippen LogP contribution in [0.25, 0.3) is 0 Å². The van der Waals surface area contributed by atoms with E-state index in [1.807, 2.05) is 11.8 Å². The summed E-state index contributed by atoms with van der Waals surface area (Å²) in [6.45, 7) is 5.14. The van der Waals surface area contributed by atoms with Crippen LogP contribution in [0.2, 0.25) is 0 Å². The van der Waals surface area contributed by atoms with E-state index in [0.29, 0.717) is 0 Å². The van der Waals surface area contributed by atoms with Gasteiger partial charge in [-0.25, -0.2) is 0 Å². The summed E-state index contributed by atoms with van der Waals surface area (Å²) in [5.74, 6) is 2.18. The van der Waals surface area contributed by atoms with Gasteiger partial charge in [0.05, 0.1) is 0 Å². The van der Waals surface area contributed by atoms with Crippen LogP contribution in [-0.2, 0) is 0 Å². The van der Waals surface area contributed by atoms with E-state index in [4.69, 9.17) is 0 Å². The minimum Gasteiger partial charge on any atom is -0.316 e. The minimum atomic E-state index is 0.928. The highest BCUT2D eigenvalue weighted by molar-refractivity contribution is 7.98. The molecule has 1 atom stereocenters. The lowest BCUT2D eigenvalue weighted by atomic mass is 10.1. The highest BCUT2D eigenvalue weighted by atomic mass is 32.2. The topological polar surface area (TPSA) is 15.3 Å². The molecule has 0 amide bonds.